The van der Waals surface area contributed by atoms with E-state index >= 15 is 0 Å². The number of halogens is 1. The highest BCUT2D eigenvalue weighted by atomic mass is 35.5. The van der Waals surface area contributed by atoms with E-state index in [1.54, 1.807) is 0 Å². The number of carbonyl (C=O) groups is 2. The van der Waals surface area contributed by atoms with Crippen molar-refractivity contribution < 1.29 is 22.7 Å². The van der Waals surface area contributed by atoms with Gasteiger partial charge in [-0.25, -0.2) is 18.4 Å². The summed E-state index contributed by atoms with van der Waals surface area (Å²) in [7, 11) is -3.89. The van der Waals surface area contributed by atoms with Gasteiger partial charge in [-0.1, -0.05) is 17.7 Å². The Labute approximate surface area is 148 Å². The second-order valence-electron chi connectivity index (χ2n) is 4.93. The molecule has 1 amide bonds. The van der Waals surface area contributed by atoms with Gasteiger partial charge in [0.2, 0.25) is 10.0 Å². The van der Waals surface area contributed by atoms with Crippen LogP contribution in [0.3, 0.4) is 0 Å². The molecule has 0 aliphatic rings. The molecule has 0 unspecified atom stereocenters. The number of sulfonamides is 1. The summed E-state index contributed by atoms with van der Waals surface area (Å²) >= 11 is 5.74. The zero-order valence-corrected chi connectivity index (χ0v) is 14.3. The number of ether oxygens (including phenoxy) is 1. The SMILES string of the molecule is Nc1cc(Cl)ccc1C(=O)OCC(=O)Nc1cccc(S(N)(=O)=O)c1. The molecule has 0 heterocycles. The normalized spacial score (nSPS) is 11.0. The third-order valence-electron chi connectivity index (χ3n) is 3.01. The second kappa shape index (κ2) is 7.51. The molecule has 0 aliphatic carbocycles. The maximum absolute atomic E-state index is 11.9. The van der Waals surface area contributed by atoms with Gasteiger partial charge in [0.15, 0.2) is 6.61 Å². The van der Waals surface area contributed by atoms with E-state index in [4.69, 9.17) is 27.2 Å². The fraction of sp³-hybridized carbons (Fsp3) is 0.0667. The zero-order valence-electron chi connectivity index (χ0n) is 12.7. The van der Waals surface area contributed by atoms with Crippen LogP contribution in [0.4, 0.5) is 11.4 Å². The molecular weight excluding hydrogens is 370 g/mol. The quantitative estimate of drug-likeness (QED) is 0.525. The maximum atomic E-state index is 11.9. The van der Waals surface area contributed by atoms with Gasteiger partial charge in [0.25, 0.3) is 5.91 Å². The summed E-state index contributed by atoms with van der Waals surface area (Å²) in [6.45, 7) is -0.583. The van der Waals surface area contributed by atoms with Crippen LogP contribution in [0, 0.1) is 0 Å². The van der Waals surface area contributed by atoms with Gasteiger partial charge in [-0.3, -0.25) is 4.79 Å². The number of carbonyl (C=O) groups excluding carboxylic acids is 2. The first-order chi connectivity index (χ1) is 11.7. The second-order valence-corrected chi connectivity index (χ2v) is 6.93. The van der Waals surface area contributed by atoms with Gasteiger partial charge >= 0.3 is 5.97 Å². The van der Waals surface area contributed by atoms with Crippen LogP contribution in [-0.2, 0) is 19.6 Å². The standard InChI is InChI=1S/C15H14ClN3O5S/c16-9-4-5-12(13(17)6-9)15(21)24-8-14(20)19-10-2-1-3-11(7-10)25(18,22)23/h1-7H,8,17H2,(H,19,20)(H2,18,22,23). The zero-order chi connectivity index (χ0) is 18.6. The van der Waals surface area contributed by atoms with Crippen LogP contribution in [0.5, 0.6) is 0 Å². The molecule has 5 N–H and O–H groups in total. The number of nitrogens with one attached hydrogen (secondary N) is 1. The highest BCUT2D eigenvalue weighted by molar-refractivity contribution is 7.89. The fourth-order valence-corrected chi connectivity index (χ4v) is 2.62. The van der Waals surface area contributed by atoms with Crippen molar-refractivity contribution in [3.8, 4) is 0 Å². The Kier molecular flexibility index (Phi) is 5.62. The number of hydrogen-bond donors (Lipinski definition) is 3. The molecule has 0 aromatic heterocycles. The molecule has 0 atom stereocenters. The highest BCUT2D eigenvalue weighted by Crippen LogP contribution is 2.19. The van der Waals surface area contributed by atoms with E-state index in [-0.39, 0.29) is 21.8 Å². The van der Waals surface area contributed by atoms with Crippen LogP contribution in [0.15, 0.2) is 47.4 Å². The van der Waals surface area contributed by atoms with Gasteiger partial charge < -0.3 is 15.8 Å². The van der Waals surface area contributed by atoms with Gasteiger partial charge in [-0.2, -0.15) is 0 Å². The number of primary sulfonamides is 1. The van der Waals surface area contributed by atoms with Crippen molar-refractivity contribution in [1.82, 2.24) is 0 Å². The third kappa shape index (κ3) is 5.18. The molecule has 25 heavy (non-hydrogen) atoms. The fourth-order valence-electron chi connectivity index (χ4n) is 1.88. The Balaban J connectivity index is 1.98. The molecule has 0 bridgehead atoms. The van der Waals surface area contributed by atoms with Gasteiger partial charge in [0.05, 0.1) is 10.5 Å². The molecule has 8 nitrogen and oxygen atoms in total. The summed E-state index contributed by atoms with van der Waals surface area (Å²) < 4.78 is 27.4. The first-order valence-electron chi connectivity index (χ1n) is 6.81. The van der Waals surface area contributed by atoms with Crippen molar-refractivity contribution in [3.05, 3.63) is 53.1 Å². The average molecular weight is 384 g/mol. The van der Waals surface area contributed by atoms with Crippen LogP contribution < -0.4 is 16.2 Å². The molecule has 0 fully saturated rings. The Bertz CT molecular complexity index is 931. The molecule has 132 valence electrons. The molecule has 2 rings (SSSR count). The van der Waals surface area contributed by atoms with Crippen LogP contribution in [0.25, 0.3) is 0 Å². The summed E-state index contributed by atoms with van der Waals surface area (Å²) in [5, 5.41) is 7.77. The molecule has 0 saturated carbocycles. The molecule has 0 saturated heterocycles. The van der Waals surface area contributed by atoms with E-state index in [9.17, 15) is 18.0 Å². The van der Waals surface area contributed by atoms with Gasteiger partial charge in [-0.15, -0.1) is 0 Å². The number of hydrogen-bond acceptors (Lipinski definition) is 6. The first kappa shape index (κ1) is 18.7. The van der Waals surface area contributed by atoms with E-state index in [1.807, 2.05) is 0 Å². The summed E-state index contributed by atoms with van der Waals surface area (Å²) in [5.41, 5.74) is 6.05. The third-order valence-corrected chi connectivity index (χ3v) is 4.16. The lowest BCUT2D eigenvalue weighted by atomic mass is 10.2. The molecule has 2 aromatic carbocycles. The van der Waals surface area contributed by atoms with E-state index in [0.29, 0.717) is 5.02 Å². The Morgan fingerprint density at radius 1 is 1.16 bits per heavy atom. The van der Waals surface area contributed by atoms with E-state index in [1.165, 1.54) is 42.5 Å². The van der Waals surface area contributed by atoms with Gasteiger partial charge in [0.1, 0.15) is 0 Å². The largest absolute Gasteiger partial charge is 0.452 e. The minimum Gasteiger partial charge on any atom is -0.452 e. The lowest BCUT2D eigenvalue weighted by molar-refractivity contribution is -0.119. The summed E-state index contributed by atoms with van der Waals surface area (Å²) in [6, 6.07) is 9.58. The summed E-state index contributed by atoms with van der Waals surface area (Å²) in [4.78, 5) is 23.6. The number of rotatable bonds is 5. The van der Waals surface area contributed by atoms with Crippen LogP contribution in [-0.4, -0.2) is 26.9 Å². The lowest BCUT2D eigenvalue weighted by Crippen LogP contribution is -2.21. The molecule has 2 aromatic rings. The number of esters is 1. The van der Waals surface area contributed by atoms with Crippen molar-refractivity contribution in [2.45, 2.75) is 4.90 Å². The number of benzene rings is 2. The lowest BCUT2D eigenvalue weighted by Gasteiger charge is -2.09. The predicted octanol–water partition coefficient (Wildman–Crippen LogP) is 1.37. The van der Waals surface area contributed by atoms with Crippen molar-refractivity contribution in [2.24, 2.45) is 5.14 Å². The molecule has 0 spiro atoms. The molecule has 0 aliphatic heterocycles. The molecule has 0 radical (unpaired) electrons. The van der Waals surface area contributed by atoms with Crippen molar-refractivity contribution in [1.29, 1.82) is 0 Å². The Morgan fingerprint density at radius 2 is 1.88 bits per heavy atom. The topological polar surface area (TPSA) is 142 Å². The number of anilines is 2. The van der Waals surface area contributed by atoms with E-state index < -0.39 is 28.5 Å². The first-order valence-corrected chi connectivity index (χ1v) is 8.74. The van der Waals surface area contributed by atoms with Crippen LogP contribution in [0.1, 0.15) is 10.4 Å². The monoisotopic (exact) mass is 383 g/mol. The van der Waals surface area contributed by atoms with Crippen LogP contribution in [0.2, 0.25) is 5.02 Å². The minimum atomic E-state index is -3.89. The molecule has 10 heteroatoms. The number of nitrogen functional groups attached to an aromatic ring is 1. The van der Waals surface area contributed by atoms with Crippen LogP contribution >= 0.6 is 11.6 Å². The number of amides is 1. The Hall–Kier alpha value is -2.62. The van der Waals surface area contributed by atoms with Crippen molar-refractivity contribution in [3.63, 3.8) is 0 Å². The van der Waals surface area contributed by atoms with E-state index in [2.05, 4.69) is 5.32 Å². The van der Waals surface area contributed by atoms with Gasteiger partial charge in [0, 0.05) is 16.4 Å². The van der Waals surface area contributed by atoms with Crippen molar-refractivity contribution in [2.75, 3.05) is 17.7 Å². The number of nitrogens with two attached hydrogens (primary N) is 2. The minimum absolute atomic E-state index is 0.0772. The highest BCUT2D eigenvalue weighted by Gasteiger charge is 2.14. The average Bonchev–Trinajstić information content (AvgIpc) is 2.52. The molecular formula is C15H14ClN3O5S. The van der Waals surface area contributed by atoms with Gasteiger partial charge in [-0.05, 0) is 36.4 Å². The summed E-state index contributed by atoms with van der Waals surface area (Å²) in [5.74, 6) is -1.45. The maximum Gasteiger partial charge on any atom is 0.340 e. The summed E-state index contributed by atoms with van der Waals surface area (Å²) in [6.07, 6.45) is 0. The smallest absolute Gasteiger partial charge is 0.340 e. The Morgan fingerprint density at radius 3 is 2.52 bits per heavy atom. The predicted molar refractivity (Wildman–Crippen MR) is 92.6 cm³/mol. The van der Waals surface area contributed by atoms with E-state index in [0.717, 1.165) is 0 Å². The van der Waals surface area contributed by atoms with Crippen molar-refractivity contribution >= 4 is 44.9 Å².